The van der Waals surface area contributed by atoms with Gasteiger partial charge in [0, 0.05) is 38.3 Å². The summed E-state index contributed by atoms with van der Waals surface area (Å²) < 4.78 is 0. The van der Waals surface area contributed by atoms with Crippen molar-refractivity contribution < 1.29 is 4.79 Å². The Morgan fingerprint density at radius 1 is 0.875 bits per heavy atom. The monoisotopic (exact) mass is 333 g/mol. The fraction of sp³-hybridized carbons (Fsp3) is 0.611. The molecule has 1 aliphatic rings. The lowest BCUT2D eigenvalue weighted by Crippen LogP contribution is -2.36. The molecule has 1 amide bonds. The molecule has 1 fully saturated rings. The van der Waals surface area contributed by atoms with Gasteiger partial charge in [-0.15, -0.1) is 0 Å². The highest BCUT2D eigenvalue weighted by atomic mass is 16.1. The van der Waals surface area contributed by atoms with Gasteiger partial charge in [0.25, 0.3) is 0 Å². The SMILES string of the molecule is NC(=O)c1ccc(CN2CCCNCCNCCCNCC2)cc1. The molecule has 0 radical (unpaired) electrons. The summed E-state index contributed by atoms with van der Waals surface area (Å²) >= 11 is 0. The highest BCUT2D eigenvalue weighted by Crippen LogP contribution is 2.08. The van der Waals surface area contributed by atoms with Crippen molar-refractivity contribution in [2.24, 2.45) is 5.73 Å². The highest BCUT2D eigenvalue weighted by Gasteiger charge is 2.07. The molecule has 134 valence electrons. The summed E-state index contributed by atoms with van der Waals surface area (Å²) in [6.07, 6.45) is 2.30. The fourth-order valence-electron chi connectivity index (χ4n) is 2.86. The van der Waals surface area contributed by atoms with Gasteiger partial charge in [-0.3, -0.25) is 9.69 Å². The van der Waals surface area contributed by atoms with Gasteiger partial charge >= 0.3 is 0 Å². The maximum absolute atomic E-state index is 11.2. The molecule has 0 atom stereocenters. The summed E-state index contributed by atoms with van der Waals surface area (Å²) in [6, 6.07) is 7.63. The number of nitrogens with two attached hydrogens (primary N) is 1. The number of carbonyl (C=O) groups is 1. The molecule has 1 aliphatic heterocycles. The van der Waals surface area contributed by atoms with Crippen molar-refractivity contribution in [1.82, 2.24) is 20.9 Å². The van der Waals surface area contributed by atoms with Gasteiger partial charge in [-0.05, 0) is 56.7 Å². The zero-order valence-electron chi connectivity index (χ0n) is 14.5. The highest BCUT2D eigenvalue weighted by molar-refractivity contribution is 5.92. The largest absolute Gasteiger partial charge is 0.366 e. The molecule has 2 rings (SSSR count). The molecule has 0 bridgehead atoms. The normalized spacial score (nSPS) is 19.5. The predicted octanol–water partition coefficient (Wildman–Crippen LogP) is 0.150. The van der Waals surface area contributed by atoms with E-state index in [1.165, 1.54) is 5.56 Å². The Hall–Kier alpha value is -1.47. The smallest absolute Gasteiger partial charge is 0.248 e. The summed E-state index contributed by atoms with van der Waals surface area (Å²) in [7, 11) is 0. The van der Waals surface area contributed by atoms with Crippen LogP contribution in [0.2, 0.25) is 0 Å². The number of nitrogens with one attached hydrogen (secondary N) is 3. The van der Waals surface area contributed by atoms with Crippen LogP contribution in [0.3, 0.4) is 0 Å². The zero-order valence-corrected chi connectivity index (χ0v) is 14.5. The van der Waals surface area contributed by atoms with Gasteiger partial charge in [0.1, 0.15) is 0 Å². The quantitative estimate of drug-likeness (QED) is 0.633. The van der Waals surface area contributed by atoms with E-state index in [0.717, 1.165) is 71.7 Å². The van der Waals surface area contributed by atoms with E-state index in [9.17, 15) is 4.79 Å². The summed E-state index contributed by atoms with van der Waals surface area (Å²) in [5.74, 6) is -0.371. The first-order chi connectivity index (χ1) is 11.8. The van der Waals surface area contributed by atoms with Crippen LogP contribution in [-0.4, -0.2) is 63.2 Å². The van der Waals surface area contributed by atoms with Gasteiger partial charge < -0.3 is 21.7 Å². The van der Waals surface area contributed by atoms with Crippen LogP contribution in [0.15, 0.2) is 24.3 Å². The number of hydrogen-bond acceptors (Lipinski definition) is 5. The molecule has 1 aromatic carbocycles. The van der Waals surface area contributed by atoms with E-state index >= 15 is 0 Å². The first kappa shape index (κ1) is 18.9. The lowest BCUT2D eigenvalue weighted by Gasteiger charge is -2.23. The first-order valence-corrected chi connectivity index (χ1v) is 8.99. The van der Waals surface area contributed by atoms with E-state index in [4.69, 9.17) is 5.73 Å². The molecule has 6 nitrogen and oxygen atoms in total. The summed E-state index contributed by atoms with van der Waals surface area (Å²) in [6.45, 7) is 9.26. The zero-order chi connectivity index (χ0) is 17.0. The Labute approximate surface area is 145 Å². The Morgan fingerprint density at radius 3 is 2.17 bits per heavy atom. The number of nitrogens with zero attached hydrogens (tertiary/aromatic N) is 1. The molecule has 1 saturated heterocycles. The fourth-order valence-corrected chi connectivity index (χ4v) is 2.86. The van der Waals surface area contributed by atoms with E-state index in [-0.39, 0.29) is 5.91 Å². The standard InChI is InChI=1S/C18H31N5O/c19-18(24)17-5-3-16(4-6-17)15-23-13-2-9-21-11-10-20-7-1-8-22-12-14-23/h3-6,20-22H,1-2,7-15H2,(H2,19,24). The lowest BCUT2D eigenvalue weighted by atomic mass is 10.1. The number of amides is 1. The van der Waals surface area contributed by atoms with Gasteiger partial charge in [-0.1, -0.05) is 12.1 Å². The lowest BCUT2D eigenvalue weighted by molar-refractivity contribution is 0.100. The molecule has 5 N–H and O–H groups in total. The third-order valence-corrected chi connectivity index (χ3v) is 4.26. The number of primary amides is 1. The Balaban J connectivity index is 1.85. The molecule has 0 unspecified atom stereocenters. The van der Waals surface area contributed by atoms with E-state index in [2.05, 4.69) is 20.9 Å². The van der Waals surface area contributed by atoms with Crippen LogP contribution >= 0.6 is 0 Å². The van der Waals surface area contributed by atoms with Gasteiger partial charge in [0.05, 0.1) is 0 Å². The van der Waals surface area contributed by atoms with Gasteiger partial charge in [0.2, 0.25) is 5.91 Å². The van der Waals surface area contributed by atoms with Crippen molar-refractivity contribution in [1.29, 1.82) is 0 Å². The topological polar surface area (TPSA) is 82.4 Å². The van der Waals surface area contributed by atoms with Gasteiger partial charge in [-0.25, -0.2) is 0 Å². The minimum Gasteiger partial charge on any atom is -0.366 e. The molecule has 1 aromatic rings. The number of carbonyl (C=O) groups excluding carboxylic acids is 1. The molecule has 6 heteroatoms. The van der Waals surface area contributed by atoms with Crippen LogP contribution in [0.1, 0.15) is 28.8 Å². The van der Waals surface area contributed by atoms with Crippen LogP contribution < -0.4 is 21.7 Å². The Bertz CT molecular complexity index is 463. The first-order valence-electron chi connectivity index (χ1n) is 8.99. The average molecular weight is 333 g/mol. The van der Waals surface area contributed by atoms with Gasteiger partial charge in [0.15, 0.2) is 0 Å². The van der Waals surface area contributed by atoms with E-state index < -0.39 is 0 Å². The molecule has 0 aliphatic carbocycles. The van der Waals surface area contributed by atoms with Crippen molar-refractivity contribution in [2.45, 2.75) is 19.4 Å². The van der Waals surface area contributed by atoms with Crippen molar-refractivity contribution in [3.63, 3.8) is 0 Å². The van der Waals surface area contributed by atoms with Crippen LogP contribution in [0.4, 0.5) is 0 Å². The molecule has 0 spiro atoms. The third kappa shape index (κ3) is 7.40. The van der Waals surface area contributed by atoms with Crippen LogP contribution in [0, 0.1) is 0 Å². The number of rotatable bonds is 3. The summed E-state index contributed by atoms with van der Waals surface area (Å²) in [5.41, 5.74) is 7.09. The van der Waals surface area contributed by atoms with Gasteiger partial charge in [-0.2, -0.15) is 0 Å². The van der Waals surface area contributed by atoms with Crippen molar-refractivity contribution in [3.8, 4) is 0 Å². The molecule has 0 saturated carbocycles. The maximum atomic E-state index is 11.2. The third-order valence-electron chi connectivity index (χ3n) is 4.26. The van der Waals surface area contributed by atoms with Crippen LogP contribution in [0.25, 0.3) is 0 Å². The second-order valence-electron chi connectivity index (χ2n) is 6.29. The van der Waals surface area contributed by atoms with E-state index in [0.29, 0.717) is 5.56 Å². The van der Waals surface area contributed by atoms with Crippen LogP contribution in [0.5, 0.6) is 0 Å². The van der Waals surface area contributed by atoms with Crippen LogP contribution in [-0.2, 0) is 6.54 Å². The summed E-state index contributed by atoms with van der Waals surface area (Å²) in [5, 5.41) is 10.5. The Kier molecular flexibility index (Phi) is 8.76. The molecule has 1 heterocycles. The second-order valence-corrected chi connectivity index (χ2v) is 6.29. The molecule has 0 aromatic heterocycles. The minimum atomic E-state index is -0.371. The van der Waals surface area contributed by atoms with E-state index in [1.807, 2.05) is 24.3 Å². The second kappa shape index (κ2) is 11.1. The number of benzene rings is 1. The van der Waals surface area contributed by atoms with Crippen molar-refractivity contribution in [2.75, 3.05) is 52.4 Å². The molecular formula is C18H31N5O. The van der Waals surface area contributed by atoms with Crippen molar-refractivity contribution >= 4 is 5.91 Å². The predicted molar refractivity (Wildman–Crippen MR) is 98.1 cm³/mol. The van der Waals surface area contributed by atoms with E-state index in [1.54, 1.807) is 0 Å². The van der Waals surface area contributed by atoms with Crippen molar-refractivity contribution in [3.05, 3.63) is 35.4 Å². The minimum absolute atomic E-state index is 0.371. The summed E-state index contributed by atoms with van der Waals surface area (Å²) in [4.78, 5) is 13.6. The Morgan fingerprint density at radius 2 is 1.50 bits per heavy atom. The molecule has 24 heavy (non-hydrogen) atoms. The average Bonchev–Trinajstić information content (AvgIpc) is 2.58. The maximum Gasteiger partial charge on any atom is 0.248 e. The molecular weight excluding hydrogens is 302 g/mol. The number of hydrogen-bond donors (Lipinski definition) is 4.